The van der Waals surface area contributed by atoms with Gasteiger partial charge in [0, 0.05) is 14.1 Å². The van der Waals surface area contributed by atoms with Crippen molar-refractivity contribution < 1.29 is 9.53 Å². The molecule has 1 unspecified atom stereocenters. The third kappa shape index (κ3) is 2.25. The molecule has 0 aromatic heterocycles. The van der Waals surface area contributed by atoms with Crippen LogP contribution in [0.15, 0.2) is 0 Å². The fourth-order valence-electron chi connectivity index (χ4n) is 1.69. The summed E-state index contributed by atoms with van der Waals surface area (Å²) in [6, 6.07) is 0.124. The van der Waals surface area contributed by atoms with E-state index in [1.54, 1.807) is 5.01 Å². The lowest BCUT2D eigenvalue weighted by Crippen LogP contribution is -2.59. The van der Waals surface area contributed by atoms with Crippen LogP contribution in [0.1, 0.15) is 20.8 Å². The van der Waals surface area contributed by atoms with Crippen molar-refractivity contribution in [2.45, 2.75) is 26.8 Å². The maximum absolute atomic E-state index is 11.7. The van der Waals surface area contributed by atoms with Gasteiger partial charge < -0.3 is 4.74 Å². The monoisotopic (exact) mass is 200 g/mol. The molecule has 1 rings (SSSR count). The Bertz CT molecular complexity index is 221. The van der Waals surface area contributed by atoms with Crippen molar-refractivity contribution in [1.82, 2.24) is 10.0 Å². The molecule has 0 saturated carbocycles. The van der Waals surface area contributed by atoms with Gasteiger partial charge in [0.1, 0.15) is 6.61 Å². The van der Waals surface area contributed by atoms with Crippen molar-refractivity contribution in [3.63, 3.8) is 0 Å². The van der Waals surface area contributed by atoms with Crippen LogP contribution in [-0.2, 0) is 9.53 Å². The second-order valence-electron chi connectivity index (χ2n) is 4.98. The van der Waals surface area contributed by atoms with Crippen LogP contribution in [0.5, 0.6) is 0 Å². The topological polar surface area (TPSA) is 32.8 Å². The van der Waals surface area contributed by atoms with Gasteiger partial charge in [-0.05, 0) is 5.41 Å². The first-order valence-corrected chi connectivity index (χ1v) is 4.91. The molecule has 14 heavy (non-hydrogen) atoms. The summed E-state index contributed by atoms with van der Waals surface area (Å²) in [5.41, 5.74) is 0.0420. The number of carbonyl (C=O) groups excluding carboxylic acids is 1. The Morgan fingerprint density at radius 2 is 2.00 bits per heavy atom. The Labute approximate surface area is 85.8 Å². The minimum Gasteiger partial charge on any atom is -0.369 e. The van der Waals surface area contributed by atoms with Gasteiger partial charge in [0.2, 0.25) is 0 Å². The Balaban J connectivity index is 2.86. The number of hydrazine groups is 1. The highest BCUT2D eigenvalue weighted by Gasteiger charge is 2.38. The summed E-state index contributed by atoms with van der Waals surface area (Å²) in [5, 5.41) is 3.64. The van der Waals surface area contributed by atoms with Crippen LogP contribution in [0.3, 0.4) is 0 Å². The SMILES string of the molecule is CN(C)N1C(=O)COCC1C(C)(C)C. The summed E-state index contributed by atoms with van der Waals surface area (Å²) in [4.78, 5) is 11.7. The molecule has 0 bridgehead atoms. The van der Waals surface area contributed by atoms with Crippen LogP contribution < -0.4 is 0 Å². The highest BCUT2D eigenvalue weighted by Crippen LogP contribution is 2.27. The van der Waals surface area contributed by atoms with Gasteiger partial charge in [-0.2, -0.15) is 0 Å². The fraction of sp³-hybridized carbons (Fsp3) is 0.900. The quantitative estimate of drug-likeness (QED) is 0.626. The number of rotatable bonds is 1. The van der Waals surface area contributed by atoms with Gasteiger partial charge >= 0.3 is 0 Å². The van der Waals surface area contributed by atoms with Crippen molar-refractivity contribution >= 4 is 5.91 Å². The lowest BCUT2D eigenvalue weighted by Gasteiger charge is -2.45. The molecule has 1 fully saturated rings. The zero-order chi connectivity index (χ0) is 10.9. The molecule has 1 aliphatic rings. The van der Waals surface area contributed by atoms with Gasteiger partial charge in [-0.25, -0.2) is 5.01 Å². The summed E-state index contributed by atoms with van der Waals surface area (Å²) >= 11 is 0. The third-order valence-corrected chi connectivity index (χ3v) is 2.48. The van der Waals surface area contributed by atoms with Gasteiger partial charge in [0.25, 0.3) is 5.91 Å². The Hall–Kier alpha value is -0.610. The second kappa shape index (κ2) is 3.87. The molecule has 0 aliphatic carbocycles. The first kappa shape index (κ1) is 11.5. The van der Waals surface area contributed by atoms with Crippen LogP contribution in [0, 0.1) is 5.41 Å². The largest absolute Gasteiger partial charge is 0.369 e. The minimum absolute atomic E-state index is 0.0420. The normalized spacial score (nSPS) is 24.6. The van der Waals surface area contributed by atoms with E-state index in [0.717, 1.165) is 0 Å². The molecule has 1 saturated heterocycles. The number of amides is 1. The van der Waals surface area contributed by atoms with Crippen molar-refractivity contribution in [2.24, 2.45) is 5.41 Å². The number of morpholine rings is 1. The van der Waals surface area contributed by atoms with Crippen molar-refractivity contribution in [1.29, 1.82) is 0 Å². The molecular weight excluding hydrogens is 180 g/mol. The second-order valence-corrected chi connectivity index (χ2v) is 4.98. The van der Waals surface area contributed by atoms with Gasteiger partial charge in [-0.15, -0.1) is 0 Å². The number of hydrogen-bond acceptors (Lipinski definition) is 3. The van der Waals surface area contributed by atoms with Crippen molar-refractivity contribution in [2.75, 3.05) is 27.3 Å². The number of nitrogens with zero attached hydrogens (tertiary/aromatic N) is 2. The van der Waals surface area contributed by atoms with Crippen LogP contribution in [0.4, 0.5) is 0 Å². The molecule has 0 radical (unpaired) electrons. The van der Waals surface area contributed by atoms with Crippen LogP contribution >= 0.6 is 0 Å². The van der Waals surface area contributed by atoms with E-state index in [2.05, 4.69) is 20.8 Å². The zero-order valence-electron chi connectivity index (χ0n) is 9.70. The number of ether oxygens (including phenoxy) is 1. The Morgan fingerprint density at radius 1 is 1.43 bits per heavy atom. The van der Waals surface area contributed by atoms with Gasteiger partial charge in [-0.3, -0.25) is 9.80 Å². The summed E-state index contributed by atoms with van der Waals surface area (Å²) in [6.45, 7) is 7.18. The first-order valence-electron chi connectivity index (χ1n) is 4.91. The summed E-state index contributed by atoms with van der Waals surface area (Å²) in [6.07, 6.45) is 0. The highest BCUT2D eigenvalue weighted by molar-refractivity contribution is 5.78. The lowest BCUT2D eigenvalue weighted by atomic mass is 9.86. The summed E-state index contributed by atoms with van der Waals surface area (Å²) in [7, 11) is 3.78. The van der Waals surface area contributed by atoms with Gasteiger partial charge in [0.15, 0.2) is 0 Å². The van der Waals surface area contributed by atoms with Crippen LogP contribution in [-0.4, -0.2) is 49.3 Å². The standard InChI is InChI=1S/C10H20N2O2/c1-10(2,3)8-6-14-7-9(13)12(8)11(4)5/h8H,6-7H2,1-5H3. The Morgan fingerprint density at radius 3 is 2.36 bits per heavy atom. The van der Waals surface area contributed by atoms with Crippen molar-refractivity contribution in [3.05, 3.63) is 0 Å². The minimum atomic E-state index is 0.0420. The first-order chi connectivity index (χ1) is 6.34. The average molecular weight is 200 g/mol. The molecule has 4 heteroatoms. The van der Waals surface area contributed by atoms with E-state index in [-0.39, 0.29) is 24.0 Å². The van der Waals surface area contributed by atoms with E-state index in [1.807, 2.05) is 19.1 Å². The van der Waals surface area contributed by atoms with E-state index in [0.29, 0.717) is 6.61 Å². The summed E-state index contributed by atoms with van der Waals surface area (Å²) < 4.78 is 5.28. The van der Waals surface area contributed by atoms with Gasteiger partial charge in [0.05, 0.1) is 12.6 Å². The highest BCUT2D eigenvalue weighted by atomic mass is 16.5. The lowest BCUT2D eigenvalue weighted by molar-refractivity contribution is -0.179. The zero-order valence-corrected chi connectivity index (χ0v) is 9.70. The van der Waals surface area contributed by atoms with Crippen LogP contribution in [0.2, 0.25) is 0 Å². The maximum Gasteiger partial charge on any atom is 0.263 e. The molecule has 4 nitrogen and oxygen atoms in total. The third-order valence-electron chi connectivity index (χ3n) is 2.48. The van der Waals surface area contributed by atoms with E-state index in [1.165, 1.54) is 0 Å². The Kier molecular flexibility index (Phi) is 3.17. The van der Waals surface area contributed by atoms with Gasteiger partial charge in [-0.1, -0.05) is 20.8 Å². The molecule has 82 valence electrons. The predicted molar refractivity (Wildman–Crippen MR) is 54.6 cm³/mol. The van der Waals surface area contributed by atoms with E-state index in [9.17, 15) is 4.79 Å². The average Bonchev–Trinajstić information content (AvgIpc) is 2.01. The van der Waals surface area contributed by atoms with Crippen molar-refractivity contribution in [3.8, 4) is 0 Å². The fourth-order valence-corrected chi connectivity index (χ4v) is 1.69. The van der Waals surface area contributed by atoms with E-state index >= 15 is 0 Å². The van der Waals surface area contributed by atoms with Crippen LogP contribution in [0.25, 0.3) is 0 Å². The number of carbonyl (C=O) groups is 1. The molecule has 1 amide bonds. The maximum atomic E-state index is 11.7. The van der Waals surface area contributed by atoms with E-state index in [4.69, 9.17) is 4.74 Å². The molecule has 1 heterocycles. The predicted octanol–water partition coefficient (Wildman–Crippen LogP) is 0.736. The summed E-state index contributed by atoms with van der Waals surface area (Å²) in [5.74, 6) is 0.0428. The molecule has 1 atom stereocenters. The molecular formula is C10H20N2O2. The molecule has 0 aromatic rings. The molecule has 0 spiro atoms. The molecule has 0 aromatic carbocycles. The molecule has 1 aliphatic heterocycles. The van der Waals surface area contributed by atoms with E-state index < -0.39 is 0 Å². The molecule has 0 N–H and O–H groups in total. The smallest absolute Gasteiger partial charge is 0.263 e. The number of hydrogen-bond donors (Lipinski definition) is 0.